The van der Waals surface area contributed by atoms with Crippen LogP contribution in [0.3, 0.4) is 0 Å². The molecule has 0 bridgehead atoms. The van der Waals surface area contributed by atoms with E-state index in [9.17, 15) is 9.90 Å². The maximum Gasteiger partial charge on any atom is 0.168 e. The van der Waals surface area contributed by atoms with Gasteiger partial charge in [0.1, 0.15) is 11.5 Å². The lowest BCUT2D eigenvalue weighted by atomic mass is 9.89. The van der Waals surface area contributed by atoms with E-state index in [0.29, 0.717) is 25.0 Å². The molecule has 1 aromatic heterocycles. The molecule has 1 heterocycles. The van der Waals surface area contributed by atoms with Crippen molar-refractivity contribution in [1.82, 2.24) is 4.98 Å². The number of ketones is 1. The standard InChI is InChI=1S/C23H30N2O3/c1-4-5-8-21(26)23-20(7-6-9-22(23)27)24-13-12-17-15(2)25-19-11-10-16(28-3)14-18(17)19/h10-11,14,25-26H,4-9,12-13H2,1-3H3. The summed E-state index contributed by atoms with van der Waals surface area (Å²) in [5, 5.41) is 11.6. The van der Waals surface area contributed by atoms with E-state index in [1.165, 1.54) is 5.56 Å². The maximum absolute atomic E-state index is 12.4. The van der Waals surface area contributed by atoms with E-state index < -0.39 is 0 Å². The Morgan fingerprint density at radius 1 is 1.32 bits per heavy atom. The number of hydrogen-bond donors (Lipinski definition) is 2. The molecular weight excluding hydrogens is 352 g/mol. The maximum atomic E-state index is 12.4. The number of allylic oxidation sites excluding steroid dienone is 2. The highest BCUT2D eigenvalue weighted by atomic mass is 16.5. The van der Waals surface area contributed by atoms with Crippen LogP contribution >= 0.6 is 0 Å². The lowest BCUT2D eigenvalue weighted by molar-refractivity contribution is -0.115. The highest BCUT2D eigenvalue weighted by Gasteiger charge is 2.25. The molecule has 0 radical (unpaired) electrons. The summed E-state index contributed by atoms with van der Waals surface area (Å²) >= 11 is 0. The van der Waals surface area contributed by atoms with Crippen molar-refractivity contribution in [3.05, 3.63) is 40.8 Å². The molecule has 28 heavy (non-hydrogen) atoms. The predicted octanol–water partition coefficient (Wildman–Crippen LogP) is 5.22. The number of aromatic amines is 1. The Bertz CT molecular complexity index is 921. The fraction of sp³-hybridized carbons (Fsp3) is 0.478. The van der Waals surface area contributed by atoms with E-state index in [-0.39, 0.29) is 11.5 Å². The topological polar surface area (TPSA) is 74.7 Å². The molecule has 0 aliphatic heterocycles. The number of aliphatic hydroxyl groups excluding tert-OH is 1. The van der Waals surface area contributed by atoms with Gasteiger partial charge >= 0.3 is 0 Å². The fourth-order valence-electron chi connectivity index (χ4n) is 3.90. The van der Waals surface area contributed by atoms with Gasteiger partial charge in [-0.2, -0.15) is 0 Å². The van der Waals surface area contributed by atoms with Crippen LogP contribution in [0.2, 0.25) is 0 Å². The van der Waals surface area contributed by atoms with Gasteiger partial charge in [-0.15, -0.1) is 0 Å². The van der Waals surface area contributed by atoms with Crippen LogP contribution in [-0.4, -0.2) is 35.2 Å². The van der Waals surface area contributed by atoms with Gasteiger partial charge in [0, 0.05) is 41.7 Å². The number of nitrogens with one attached hydrogen (secondary N) is 1. The quantitative estimate of drug-likeness (QED) is 0.509. The van der Waals surface area contributed by atoms with Crippen molar-refractivity contribution in [3.8, 4) is 5.75 Å². The number of Topliss-reactive ketones (excluding diaryl/α,β-unsaturated/α-hetero) is 1. The SMILES string of the molecule is CCCCC(O)=C1C(=O)CCCC1=NCCc1c(C)[nH]c2ccc(OC)cc12. The predicted molar refractivity (Wildman–Crippen MR) is 114 cm³/mol. The van der Waals surface area contributed by atoms with Gasteiger partial charge < -0.3 is 14.8 Å². The van der Waals surface area contributed by atoms with Crippen LogP contribution in [0.25, 0.3) is 10.9 Å². The molecule has 2 aromatic rings. The minimum absolute atomic E-state index is 0.0339. The third-order valence-electron chi connectivity index (χ3n) is 5.43. The first-order valence-electron chi connectivity index (χ1n) is 10.2. The largest absolute Gasteiger partial charge is 0.511 e. The Kier molecular flexibility index (Phi) is 6.55. The van der Waals surface area contributed by atoms with Gasteiger partial charge in [-0.25, -0.2) is 0 Å². The minimum Gasteiger partial charge on any atom is -0.511 e. The van der Waals surface area contributed by atoms with Gasteiger partial charge in [0.2, 0.25) is 0 Å². The van der Waals surface area contributed by atoms with Crippen LogP contribution in [0.1, 0.15) is 56.7 Å². The Morgan fingerprint density at radius 3 is 2.89 bits per heavy atom. The summed E-state index contributed by atoms with van der Waals surface area (Å²) in [5.41, 5.74) is 4.70. The van der Waals surface area contributed by atoms with E-state index in [0.717, 1.165) is 60.2 Å². The molecule has 150 valence electrons. The first-order chi connectivity index (χ1) is 13.5. The number of methoxy groups -OCH3 is 1. The van der Waals surface area contributed by atoms with Crippen molar-refractivity contribution < 1.29 is 14.6 Å². The van der Waals surface area contributed by atoms with Crippen molar-refractivity contribution >= 4 is 22.4 Å². The molecular formula is C23H30N2O3. The summed E-state index contributed by atoms with van der Waals surface area (Å²) in [6.45, 7) is 4.74. The zero-order valence-corrected chi connectivity index (χ0v) is 17.1. The van der Waals surface area contributed by atoms with E-state index in [4.69, 9.17) is 9.73 Å². The molecule has 0 saturated heterocycles. The number of nitrogens with zero attached hydrogens (tertiary/aromatic N) is 1. The summed E-state index contributed by atoms with van der Waals surface area (Å²) in [6.07, 6.45) is 5.28. The van der Waals surface area contributed by atoms with Crippen LogP contribution in [0, 0.1) is 6.92 Å². The number of rotatable bonds is 7. The number of fused-ring (bicyclic) bond motifs is 1. The van der Waals surface area contributed by atoms with Crippen molar-refractivity contribution in [2.75, 3.05) is 13.7 Å². The highest BCUT2D eigenvalue weighted by Crippen LogP contribution is 2.27. The van der Waals surface area contributed by atoms with E-state index >= 15 is 0 Å². The second kappa shape index (κ2) is 9.09. The van der Waals surface area contributed by atoms with Crippen LogP contribution < -0.4 is 4.74 Å². The lowest BCUT2D eigenvalue weighted by Gasteiger charge is -2.18. The number of carbonyl (C=O) groups excluding carboxylic acids is 1. The van der Waals surface area contributed by atoms with Crippen molar-refractivity contribution in [2.24, 2.45) is 4.99 Å². The number of benzene rings is 1. The van der Waals surface area contributed by atoms with Gasteiger partial charge in [-0.05, 0) is 56.4 Å². The molecule has 5 heteroatoms. The third kappa shape index (κ3) is 4.29. The number of aliphatic hydroxyl groups is 1. The molecule has 0 unspecified atom stereocenters. The fourth-order valence-corrected chi connectivity index (χ4v) is 3.90. The molecule has 2 N–H and O–H groups in total. The Morgan fingerprint density at radius 2 is 2.14 bits per heavy atom. The van der Waals surface area contributed by atoms with Gasteiger partial charge in [0.25, 0.3) is 0 Å². The number of H-pyrrole nitrogens is 1. The average Bonchev–Trinajstić information content (AvgIpc) is 3.00. The van der Waals surface area contributed by atoms with Gasteiger partial charge in [-0.1, -0.05) is 13.3 Å². The van der Waals surface area contributed by atoms with E-state index in [1.807, 2.05) is 18.2 Å². The lowest BCUT2D eigenvalue weighted by Crippen LogP contribution is -2.22. The van der Waals surface area contributed by atoms with Crippen LogP contribution in [0.4, 0.5) is 0 Å². The molecule has 1 aromatic carbocycles. The number of aromatic nitrogens is 1. The zero-order chi connectivity index (χ0) is 20.1. The minimum atomic E-state index is 0.0339. The molecule has 0 amide bonds. The molecule has 0 spiro atoms. The van der Waals surface area contributed by atoms with Crippen molar-refractivity contribution in [1.29, 1.82) is 0 Å². The molecule has 3 rings (SSSR count). The van der Waals surface area contributed by atoms with Crippen LogP contribution in [-0.2, 0) is 11.2 Å². The van der Waals surface area contributed by atoms with Gasteiger partial charge in [0.05, 0.1) is 12.7 Å². The average molecular weight is 383 g/mol. The number of ether oxygens (including phenoxy) is 1. The second-order valence-electron chi connectivity index (χ2n) is 7.42. The van der Waals surface area contributed by atoms with Crippen molar-refractivity contribution in [2.45, 2.75) is 58.8 Å². The summed E-state index contributed by atoms with van der Waals surface area (Å²) in [5.74, 6) is 1.09. The highest BCUT2D eigenvalue weighted by molar-refractivity contribution is 6.24. The summed E-state index contributed by atoms with van der Waals surface area (Å²) in [7, 11) is 1.67. The number of aryl methyl sites for hydroxylation is 1. The van der Waals surface area contributed by atoms with Crippen molar-refractivity contribution in [3.63, 3.8) is 0 Å². The summed E-state index contributed by atoms with van der Waals surface area (Å²) in [4.78, 5) is 20.5. The van der Waals surface area contributed by atoms with E-state index in [1.54, 1.807) is 7.11 Å². The number of hydrogen-bond acceptors (Lipinski definition) is 4. The number of aliphatic imine (C=N–C) groups is 1. The molecule has 1 aliphatic carbocycles. The second-order valence-corrected chi connectivity index (χ2v) is 7.42. The molecule has 1 saturated carbocycles. The summed E-state index contributed by atoms with van der Waals surface area (Å²) in [6, 6.07) is 6.03. The number of carbonyl (C=O) groups is 1. The first-order valence-corrected chi connectivity index (χ1v) is 10.2. The summed E-state index contributed by atoms with van der Waals surface area (Å²) < 4.78 is 5.36. The number of unbranched alkanes of at least 4 members (excludes halogenated alkanes) is 1. The monoisotopic (exact) mass is 382 g/mol. The van der Waals surface area contributed by atoms with E-state index in [2.05, 4.69) is 18.8 Å². The molecule has 5 nitrogen and oxygen atoms in total. The van der Waals surface area contributed by atoms with Crippen LogP contribution in [0.5, 0.6) is 5.75 Å². The van der Waals surface area contributed by atoms with Gasteiger partial charge in [0.15, 0.2) is 5.78 Å². The molecule has 1 aliphatic rings. The normalized spacial score (nSPS) is 18.1. The third-order valence-corrected chi connectivity index (χ3v) is 5.43. The zero-order valence-electron chi connectivity index (χ0n) is 17.1. The van der Waals surface area contributed by atoms with Gasteiger partial charge in [-0.3, -0.25) is 9.79 Å². The molecule has 1 fully saturated rings. The molecule has 0 atom stereocenters. The Hall–Kier alpha value is -2.56. The van der Waals surface area contributed by atoms with Crippen LogP contribution in [0.15, 0.2) is 34.5 Å². The Balaban J connectivity index is 1.82. The smallest absolute Gasteiger partial charge is 0.168 e. The Labute approximate surface area is 166 Å². The first kappa shape index (κ1) is 20.2.